The Kier molecular flexibility index (Phi) is 4.58. The van der Waals surface area contributed by atoms with E-state index in [1.54, 1.807) is 0 Å². The molecular formula is C12H24N2O. The molecule has 3 heteroatoms. The molecule has 3 nitrogen and oxygen atoms in total. The number of amides is 1. The van der Waals surface area contributed by atoms with E-state index in [0.717, 1.165) is 19.3 Å². The average Bonchev–Trinajstić information content (AvgIpc) is 2.57. The smallest absolute Gasteiger partial charge is 0.238 e. The van der Waals surface area contributed by atoms with E-state index in [9.17, 15) is 4.79 Å². The maximum absolute atomic E-state index is 11.8. The first-order valence-electron chi connectivity index (χ1n) is 6.16. The maximum Gasteiger partial charge on any atom is 0.238 e. The molecule has 1 aliphatic rings. The fraction of sp³-hybridized carbons (Fsp3) is 0.917. The lowest BCUT2D eigenvalue weighted by Gasteiger charge is -2.34. The Morgan fingerprint density at radius 1 is 1.47 bits per heavy atom. The second kappa shape index (κ2) is 5.50. The predicted molar refractivity (Wildman–Crippen MR) is 62.5 cm³/mol. The van der Waals surface area contributed by atoms with Gasteiger partial charge in [-0.1, -0.05) is 34.1 Å². The number of nitrogens with one attached hydrogen (secondary N) is 1. The number of carbonyl (C=O) groups is 1. The minimum Gasteiger partial charge on any atom is -0.323 e. The summed E-state index contributed by atoms with van der Waals surface area (Å²) >= 11 is 0. The van der Waals surface area contributed by atoms with Gasteiger partial charge in [-0.3, -0.25) is 10.1 Å². The molecule has 1 heterocycles. The van der Waals surface area contributed by atoms with Gasteiger partial charge >= 0.3 is 0 Å². The third-order valence-electron chi connectivity index (χ3n) is 3.17. The summed E-state index contributed by atoms with van der Waals surface area (Å²) < 4.78 is 0. The number of nitrogens with zero attached hydrogens (tertiary/aromatic N) is 1. The highest BCUT2D eigenvalue weighted by molar-refractivity contribution is 5.81. The summed E-state index contributed by atoms with van der Waals surface area (Å²) in [6.45, 7) is 9.21. The Morgan fingerprint density at radius 3 is 2.60 bits per heavy atom. The quantitative estimate of drug-likeness (QED) is 0.755. The number of rotatable bonds is 5. The Labute approximate surface area is 93.2 Å². The molecule has 0 aromatic carbocycles. The summed E-state index contributed by atoms with van der Waals surface area (Å²) in [5.74, 6) is 0.761. The molecule has 1 saturated heterocycles. The summed E-state index contributed by atoms with van der Waals surface area (Å²) in [4.78, 5) is 13.9. The molecule has 2 atom stereocenters. The molecule has 0 aliphatic carbocycles. The molecule has 1 rings (SSSR count). The van der Waals surface area contributed by atoms with Crippen LogP contribution in [-0.4, -0.2) is 29.6 Å². The van der Waals surface area contributed by atoms with Crippen LogP contribution in [0, 0.1) is 5.92 Å². The third kappa shape index (κ3) is 2.71. The number of hydrogen-bond acceptors (Lipinski definition) is 2. The van der Waals surface area contributed by atoms with E-state index < -0.39 is 0 Å². The third-order valence-corrected chi connectivity index (χ3v) is 3.17. The summed E-state index contributed by atoms with van der Waals surface area (Å²) in [6, 6.07) is 0.421. The molecular weight excluding hydrogens is 188 g/mol. The lowest BCUT2D eigenvalue weighted by Crippen LogP contribution is -2.47. The van der Waals surface area contributed by atoms with Crippen molar-refractivity contribution < 1.29 is 4.79 Å². The SMILES string of the molecule is CCCC(CC)N1C(=O)CNC1C(C)C. The van der Waals surface area contributed by atoms with Gasteiger partial charge in [-0.25, -0.2) is 0 Å². The second-order valence-corrected chi connectivity index (χ2v) is 4.72. The topological polar surface area (TPSA) is 32.3 Å². The first-order chi connectivity index (χ1) is 7.11. The zero-order valence-electron chi connectivity index (χ0n) is 10.4. The molecule has 0 radical (unpaired) electrons. The molecule has 0 aromatic rings. The molecule has 15 heavy (non-hydrogen) atoms. The van der Waals surface area contributed by atoms with E-state index in [-0.39, 0.29) is 12.1 Å². The van der Waals surface area contributed by atoms with E-state index in [1.807, 2.05) is 0 Å². The van der Waals surface area contributed by atoms with E-state index in [4.69, 9.17) is 0 Å². The Hall–Kier alpha value is -0.570. The minimum absolute atomic E-state index is 0.244. The lowest BCUT2D eigenvalue weighted by molar-refractivity contribution is -0.131. The standard InChI is InChI=1S/C12H24N2O/c1-5-7-10(6-2)14-11(15)8-13-12(14)9(3)4/h9-10,12-13H,5-8H2,1-4H3. The van der Waals surface area contributed by atoms with Gasteiger partial charge in [0.15, 0.2) is 0 Å². The van der Waals surface area contributed by atoms with E-state index >= 15 is 0 Å². The van der Waals surface area contributed by atoms with E-state index in [1.165, 1.54) is 0 Å². The summed E-state index contributed by atoms with van der Waals surface area (Å²) in [5.41, 5.74) is 0. The van der Waals surface area contributed by atoms with E-state index in [2.05, 4.69) is 37.9 Å². The van der Waals surface area contributed by atoms with Crippen molar-refractivity contribution >= 4 is 5.91 Å². The summed E-state index contributed by atoms with van der Waals surface area (Å²) in [6.07, 6.45) is 3.57. The Morgan fingerprint density at radius 2 is 2.13 bits per heavy atom. The molecule has 1 fully saturated rings. The molecule has 1 aliphatic heterocycles. The molecule has 0 bridgehead atoms. The number of hydrogen-bond donors (Lipinski definition) is 1. The normalized spacial score (nSPS) is 23.9. The molecule has 0 spiro atoms. The minimum atomic E-state index is 0.244. The van der Waals surface area contributed by atoms with Crippen molar-refractivity contribution in [3.05, 3.63) is 0 Å². The molecule has 88 valence electrons. The van der Waals surface area contributed by atoms with Crippen molar-refractivity contribution in [1.29, 1.82) is 0 Å². The fourth-order valence-corrected chi connectivity index (χ4v) is 2.40. The van der Waals surface area contributed by atoms with Gasteiger partial charge in [-0.15, -0.1) is 0 Å². The maximum atomic E-state index is 11.8. The molecule has 1 N–H and O–H groups in total. The van der Waals surface area contributed by atoms with Crippen molar-refractivity contribution in [3.8, 4) is 0 Å². The summed E-state index contributed by atoms with van der Waals surface area (Å²) in [7, 11) is 0. The molecule has 2 unspecified atom stereocenters. The van der Waals surface area contributed by atoms with Gasteiger partial charge < -0.3 is 4.90 Å². The largest absolute Gasteiger partial charge is 0.323 e. The van der Waals surface area contributed by atoms with Crippen LogP contribution in [0.3, 0.4) is 0 Å². The number of carbonyl (C=O) groups excluding carboxylic acids is 1. The van der Waals surface area contributed by atoms with Crippen LogP contribution >= 0.6 is 0 Å². The zero-order chi connectivity index (χ0) is 11.4. The van der Waals surface area contributed by atoms with Crippen LogP contribution in [0.2, 0.25) is 0 Å². The zero-order valence-corrected chi connectivity index (χ0v) is 10.4. The summed E-state index contributed by atoms with van der Waals surface area (Å²) in [5, 5.41) is 3.31. The van der Waals surface area contributed by atoms with Gasteiger partial charge in [0.25, 0.3) is 0 Å². The highest BCUT2D eigenvalue weighted by atomic mass is 16.2. The monoisotopic (exact) mass is 212 g/mol. The first kappa shape index (κ1) is 12.5. The van der Waals surface area contributed by atoms with Gasteiger partial charge in [0.2, 0.25) is 5.91 Å². The van der Waals surface area contributed by atoms with Gasteiger partial charge in [0.1, 0.15) is 0 Å². The van der Waals surface area contributed by atoms with Crippen molar-refractivity contribution in [3.63, 3.8) is 0 Å². The van der Waals surface area contributed by atoms with Crippen LogP contribution in [0.25, 0.3) is 0 Å². The molecule has 0 saturated carbocycles. The highest BCUT2D eigenvalue weighted by Crippen LogP contribution is 2.21. The lowest BCUT2D eigenvalue weighted by atomic mass is 10.0. The van der Waals surface area contributed by atoms with Crippen LogP contribution < -0.4 is 5.32 Å². The second-order valence-electron chi connectivity index (χ2n) is 4.72. The van der Waals surface area contributed by atoms with Crippen molar-refractivity contribution in [2.24, 2.45) is 5.92 Å². The Balaban J connectivity index is 2.73. The van der Waals surface area contributed by atoms with Crippen LogP contribution in [0.15, 0.2) is 0 Å². The highest BCUT2D eigenvalue weighted by Gasteiger charge is 2.36. The average molecular weight is 212 g/mol. The first-order valence-corrected chi connectivity index (χ1v) is 6.16. The predicted octanol–water partition coefficient (Wildman–Crippen LogP) is 1.98. The van der Waals surface area contributed by atoms with E-state index in [0.29, 0.717) is 18.5 Å². The van der Waals surface area contributed by atoms with Gasteiger partial charge in [0.05, 0.1) is 12.7 Å². The van der Waals surface area contributed by atoms with Crippen molar-refractivity contribution in [2.75, 3.05) is 6.54 Å². The molecule has 0 aromatic heterocycles. The van der Waals surface area contributed by atoms with Crippen molar-refractivity contribution in [1.82, 2.24) is 10.2 Å². The van der Waals surface area contributed by atoms with Crippen molar-refractivity contribution in [2.45, 2.75) is 59.2 Å². The Bertz CT molecular complexity index is 216. The van der Waals surface area contributed by atoms with Gasteiger partial charge in [0, 0.05) is 6.04 Å². The van der Waals surface area contributed by atoms with Crippen LogP contribution in [0.4, 0.5) is 0 Å². The van der Waals surface area contributed by atoms with Crippen LogP contribution in [-0.2, 0) is 4.79 Å². The fourth-order valence-electron chi connectivity index (χ4n) is 2.40. The van der Waals surface area contributed by atoms with Crippen LogP contribution in [0.5, 0.6) is 0 Å². The van der Waals surface area contributed by atoms with Gasteiger partial charge in [-0.2, -0.15) is 0 Å². The van der Waals surface area contributed by atoms with Gasteiger partial charge in [-0.05, 0) is 18.8 Å². The molecule has 1 amide bonds. The van der Waals surface area contributed by atoms with Crippen LogP contribution in [0.1, 0.15) is 47.0 Å².